The molecule has 32 heavy (non-hydrogen) atoms. The Morgan fingerprint density at radius 1 is 1.16 bits per heavy atom. The van der Waals surface area contributed by atoms with Crippen LogP contribution in [0, 0.1) is 13.0 Å². The number of hydrogen-bond donors (Lipinski definition) is 1. The molecule has 0 atom stereocenters. The fraction of sp³-hybridized carbons (Fsp3) is 0.348. The van der Waals surface area contributed by atoms with Crippen molar-refractivity contribution < 1.29 is 27.8 Å². The number of carbonyl (C=O) groups is 1. The van der Waals surface area contributed by atoms with E-state index < -0.39 is 12.0 Å². The maximum absolute atomic E-state index is 13.5. The van der Waals surface area contributed by atoms with Crippen molar-refractivity contribution in [2.24, 2.45) is 0 Å². The number of furan rings is 1. The Morgan fingerprint density at radius 2 is 1.84 bits per heavy atom. The van der Waals surface area contributed by atoms with Crippen LogP contribution in [0.1, 0.15) is 47.5 Å². The van der Waals surface area contributed by atoms with Gasteiger partial charge in [0.25, 0.3) is 11.9 Å². The van der Waals surface area contributed by atoms with Gasteiger partial charge in [0.1, 0.15) is 5.75 Å². The lowest BCUT2D eigenvalue weighted by atomic mass is 9.86. The summed E-state index contributed by atoms with van der Waals surface area (Å²) < 4.78 is 35.0. The lowest BCUT2D eigenvalue weighted by Crippen LogP contribution is -2.14. The molecule has 4 rings (SSSR count). The molecule has 1 N–H and O–H groups in total. The van der Waals surface area contributed by atoms with Crippen LogP contribution in [0.2, 0.25) is 0 Å². The molecular weight excluding hydrogens is 416 g/mol. The van der Waals surface area contributed by atoms with Gasteiger partial charge in [0.15, 0.2) is 11.4 Å². The molecule has 8 nitrogen and oxygen atoms in total. The molecule has 0 unspecified atom stereocenters. The number of benzene rings is 1. The first-order valence-corrected chi connectivity index (χ1v) is 10.1. The molecule has 9 heteroatoms. The van der Waals surface area contributed by atoms with Gasteiger partial charge in [-0.3, -0.25) is 4.79 Å². The summed E-state index contributed by atoms with van der Waals surface area (Å²) in [5, 5.41) is 2.53. The number of aromatic nitrogens is 2. The van der Waals surface area contributed by atoms with Gasteiger partial charge in [0.05, 0.1) is 14.2 Å². The van der Waals surface area contributed by atoms with Crippen LogP contribution in [0.4, 0.5) is 10.1 Å². The second-order valence-corrected chi connectivity index (χ2v) is 8.22. The lowest BCUT2D eigenvalue weighted by molar-refractivity contribution is 0.0990. The fourth-order valence-electron chi connectivity index (χ4n) is 3.86. The first-order chi connectivity index (χ1) is 15.2. The van der Waals surface area contributed by atoms with E-state index in [1.54, 1.807) is 6.07 Å². The molecule has 2 aromatic heterocycles. The highest BCUT2D eigenvalue weighted by atomic mass is 18.2. The minimum absolute atomic E-state index is 0.0167. The van der Waals surface area contributed by atoms with Crippen molar-refractivity contribution in [1.29, 1.82) is 0 Å². The van der Waals surface area contributed by atoms with Crippen LogP contribution in [-0.2, 0) is 11.8 Å². The highest BCUT2D eigenvalue weighted by Gasteiger charge is 2.31. The van der Waals surface area contributed by atoms with Gasteiger partial charge in [0.2, 0.25) is 11.8 Å². The van der Waals surface area contributed by atoms with E-state index in [0.29, 0.717) is 5.75 Å². The van der Waals surface area contributed by atoms with Crippen LogP contribution >= 0.6 is 0 Å². The first-order valence-electron chi connectivity index (χ1n) is 10.1. The summed E-state index contributed by atoms with van der Waals surface area (Å²) in [5.74, 6) is -0.158. The molecule has 1 aliphatic rings. The number of nitrogens with one attached hydrogen (secondary N) is 1. The first kappa shape index (κ1) is 21.6. The maximum Gasteiger partial charge on any atom is 0.315 e. The third-order valence-corrected chi connectivity index (χ3v) is 5.61. The molecule has 0 aliphatic heterocycles. The maximum atomic E-state index is 13.5. The number of fused-ring (bicyclic) bond motifs is 1. The van der Waals surface area contributed by atoms with E-state index in [-0.39, 0.29) is 34.6 Å². The highest BCUT2D eigenvalue weighted by Crippen LogP contribution is 2.42. The van der Waals surface area contributed by atoms with E-state index in [2.05, 4.69) is 35.2 Å². The number of aryl methyl sites for hydroxylation is 2. The molecule has 0 saturated carbocycles. The largest absolute Gasteiger partial charge is 0.479 e. The third-order valence-electron chi connectivity index (χ3n) is 5.61. The van der Waals surface area contributed by atoms with Gasteiger partial charge in [-0.05, 0) is 54.0 Å². The predicted octanol–water partition coefficient (Wildman–Crippen LogP) is 4.80. The van der Waals surface area contributed by atoms with Crippen LogP contribution in [0.3, 0.4) is 0 Å². The SMILES string of the molecule is COc1nc([18F])nc(OC)c1NC(=O)c1ccc(Oc2cc3c(cc2C)CCC3(C)C)o1. The van der Waals surface area contributed by atoms with E-state index in [1.165, 1.54) is 31.4 Å². The van der Waals surface area contributed by atoms with Crippen LogP contribution in [0.5, 0.6) is 23.5 Å². The number of hydrogen-bond acceptors (Lipinski definition) is 7. The summed E-state index contributed by atoms with van der Waals surface area (Å²) >= 11 is 0. The van der Waals surface area contributed by atoms with Gasteiger partial charge in [-0.2, -0.15) is 14.4 Å². The second kappa shape index (κ2) is 8.14. The molecule has 0 spiro atoms. The van der Waals surface area contributed by atoms with E-state index >= 15 is 0 Å². The highest BCUT2D eigenvalue weighted by molar-refractivity contribution is 6.03. The number of halogens is 1. The van der Waals surface area contributed by atoms with E-state index in [1.807, 2.05) is 13.0 Å². The molecule has 2 heterocycles. The van der Waals surface area contributed by atoms with E-state index in [4.69, 9.17) is 18.6 Å². The quantitative estimate of drug-likeness (QED) is 0.550. The number of ether oxygens (including phenoxy) is 3. The van der Waals surface area contributed by atoms with Crippen molar-refractivity contribution in [3.05, 3.63) is 52.8 Å². The lowest BCUT2D eigenvalue weighted by Gasteiger charge is -2.20. The molecule has 1 amide bonds. The smallest absolute Gasteiger partial charge is 0.315 e. The second-order valence-electron chi connectivity index (χ2n) is 8.22. The minimum atomic E-state index is -1.04. The monoisotopic (exact) mass is 440 g/mol. The van der Waals surface area contributed by atoms with Crippen LogP contribution in [0.15, 0.2) is 28.7 Å². The zero-order valence-electron chi connectivity index (χ0n) is 18.5. The van der Waals surface area contributed by atoms with Crippen LogP contribution in [-0.4, -0.2) is 30.1 Å². The predicted molar refractivity (Wildman–Crippen MR) is 114 cm³/mol. The Bertz CT molecular complexity index is 1160. The molecular formula is C23H24FN3O5. The third kappa shape index (κ3) is 3.98. The van der Waals surface area contributed by atoms with Gasteiger partial charge in [-0.1, -0.05) is 19.9 Å². The van der Waals surface area contributed by atoms with Crippen LogP contribution in [0.25, 0.3) is 0 Å². The summed E-state index contributed by atoms with van der Waals surface area (Å²) in [6.45, 7) is 6.41. The van der Waals surface area contributed by atoms with Crippen molar-refractivity contribution >= 4 is 11.6 Å². The Labute approximate surface area is 184 Å². The summed E-state index contributed by atoms with van der Waals surface area (Å²) in [6, 6.07) is 7.22. The average molecular weight is 440 g/mol. The number of rotatable bonds is 6. The van der Waals surface area contributed by atoms with E-state index in [9.17, 15) is 9.18 Å². The molecule has 0 fully saturated rings. The summed E-state index contributed by atoms with van der Waals surface area (Å²) in [4.78, 5) is 19.7. The summed E-state index contributed by atoms with van der Waals surface area (Å²) in [7, 11) is 2.58. The van der Waals surface area contributed by atoms with Crippen molar-refractivity contribution in [2.45, 2.75) is 39.0 Å². The molecule has 168 valence electrons. The number of carbonyl (C=O) groups excluding carboxylic acids is 1. The zero-order valence-corrected chi connectivity index (χ0v) is 18.5. The van der Waals surface area contributed by atoms with Gasteiger partial charge in [-0.25, -0.2) is 0 Å². The normalized spacial score (nSPS) is 14.1. The van der Waals surface area contributed by atoms with Crippen molar-refractivity contribution in [1.82, 2.24) is 9.97 Å². The minimum Gasteiger partial charge on any atom is -0.479 e. The molecule has 0 bridgehead atoms. The Balaban J connectivity index is 1.55. The van der Waals surface area contributed by atoms with E-state index in [0.717, 1.165) is 18.4 Å². The Kier molecular flexibility index (Phi) is 5.50. The summed E-state index contributed by atoms with van der Waals surface area (Å²) in [6.07, 6.45) is 1.10. The molecule has 0 radical (unpaired) electrons. The fourth-order valence-corrected chi connectivity index (χ4v) is 3.86. The van der Waals surface area contributed by atoms with Crippen molar-refractivity contribution in [3.8, 4) is 23.5 Å². The standard InChI is InChI=1S/C23H24FN3O5/c1-12-10-13-8-9-23(2,3)14(13)11-16(12)32-17-7-6-15(31-17)19(28)25-18-20(29-4)26-22(24)27-21(18)30-5/h6-7,10-11H,8-9H2,1-5H3,(H,25,28)/i24-1. The molecule has 0 saturated heterocycles. The molecule has 3 aromatic rings. The number of methoxy groups -OCH3 is 2. The van der Waals surface area contributed by atoms with Gasteiger partial charge in [-0.15, -0.1) is 0 Å². The van der Waals surface area contributed by atoms with Gasteiger partial charge < -0.3 is 23.9 Å². The molecule has 1 aromatic carbocycles. The molecule has 1 aliphatic carbocycles. The Hall–Kier alpha value is -3.62. The van der Waals surface area contributed by atoms with Crippen molar-refractivity contribution in [2.75, 3.05) is 19.5 Å². The van der Waals surface area contributed by atoms with Crippen molar-refractivity contribution in [3.63, 3.8) is 0 Å². The van der Waals surface area contributed by atoms with Crippen LogP contribution < -0.4 is 19.5 Å². The zero-order chi connectivity index (χ0) is 23.0. The van der Waals surface area contributed by atoms with Gasteiger partial charge >= 0.3 is 6.08 Å². The number of anilines is 1. The summed E-state index contributed by atoms with van der Waals surface area (Å²) in [5.41, 5.74) is 3.66. The number of nitrogens with zero attached hydrogens (tertiary/aromatic N) is 2. The topological polar surface area (TPSA) is 95.7 Å². The average Bonchev–Trinajstić information content (AvgIpc) is 3.33. The van der Waals surface area contributed by atoms with Gasteiger partial charge in [0, 0.05) is 6.07 Å². The Morgan fingerprint density at radius 3 is 2.50 bits per heavy atom. The number of amides is 1.